The molecule has 104 valence electrons. The summed E-state index contributed by atoms with van der Waals surface area (Å²) in [5.41, 5.74) is 6.91. The van der Waals surface area contributed by atoms with Crippen molar-refractivity contribution < 1.29 is 19.0 Å². The van der Waals surface area contributed by atoms with Gasteiger partial charge in [-0.25, -0.2) is 9.37 Å². The predicted molar refractivity (Wildman–Crippen MR) is 70.4 cm³/mol. The first-order valence-electron chi connectivity index (χ1n) is 6.23. The summed E-state index contributed by atoms with van der Waals surface area (Å²) in [4.78, 5) is 15.8. The summed E-state index contributed by atoms with van der Waals surface area (Å²) in [5.74, 6) is -0.284. The van der Waals surface area contributed by atoms with Crippen LogP contribution in [0.4, 0.5) is 10.2 Å². The van der Waals surface area contributed by atoms with Gasteiger partial charge in [0.15, 0.2) is 5.78 Å². The minimum absolute atomic E-state index is 0.139. The first kappa shape index (κ1) is 13.0. The first-order valence-corrected chi connectivity index (χ1v) is 6.23. The third kappa shape index (κ3) is 2.13. The number of nitrogen functional groups attached to an aromatic ring is 1. The zero-order valence-electron chi connectivity index (χ0n) is 10.5. The van der Waals surface area contributed by atoms with Crippen LogP contribution in [0.15, 0.2) is 24.3 Å². The van der Waals surface area contributed by atoms with Gasteiger partial charge in [-0.2, -0.15) is 0 Å². The van der Waals surface area contributed by atoms with Crippen molar-refractivity contribution in [1.82, 2.24) is 4.98 Å². The predicted octanol–water partition coefficient (Wildman–Crippen LogP) is 1.35. The van der Waals surface area contributed by atoms with E-state index in [9.17, 15) is 9.18 Å². The number of halogens is 1. The molecular formula is C14H13FN2O3. The van der Waals surface area contributed by atoms with Crippen molar-refractivity contribution >= 4 is 22.5 Å². The molecule has 0 saturated carbocycles. The number of hydrogen-bond acceptors (Lipinski definition) is 5. The Kier molecular flexibility index (Phi) is 3.11. The van der Waals surface area contributed by atoms with Crippen LogP contribution in [0.2, 0.25) is 0 Å². The first-order chi connectivity index (χ1) is 9.58. The molecule has 5 nitrogen and oxygen atoms in total. The van der Waals surface area contributed by atoms with E-state index < -0.39 is 18.0 Å². The van der Waals surface area contributed by atoms with Gasteiger partial charge in [0.05, 0.1) is 18.2 Å². The number of carbonyl (C=O) groups is 1. The van der Waals surface area contributed by atoms with Crippen LogP contribution in [-0.2, 0) is 9.53 Å². The summed E-state index contributed by atoms with van der Waals surface area (Å²) in [5, 5.41) is 9.64. The number of rotatable bonds is 2. The number of aliphatic hydroxyl groups excluding tert-OH is 1. The summed E-state index contributed by atoms with van der Waals surface area (Å²) in [6.45, 7) is -0.359. The molecule has 6 heteroatoms. The maximum atomic E-state index is 13.4. The lowest BCUT2D eigenvalue weighted by molar-refractivity contribution is -0.124. The number of ether oxygens (including phenoxy) is 1. The second kappa shape index (κ2) is 4.81. The Balaban J connectivity index is 2.11. The molecule has 0 spiro atoms. The molecule has 1 saturated heterocycles. The number of carbonyl (C=O) groups excluding carboxylic acids is 1. The summed E-state index contributed by atoms with van der Waals surface area (Å²) in [7, 11) is 0. The highest BCUT2D eigenvalue weighted by atomic mass is 19.1. The molecule has 1 aromatic carbocycles. The zero-order chi connectivity index (χ0) is 14.3. The minimum atomic E-state index is -0.821. The molecule has 1 fully saturated rings. The lowest BCUT2D eigenvalue weighted by Gasteiger charge is -2.14. The second-order valence-corrected chi connectivity index (χ2v) is 4.76. The highest BCUT2D eigenvalue weighted by Gasteiger charge is 2.34. The number of fused-ring (bicyclic) bond motifs is 1. The monoisotopic (exact) mass is 276 g/mol. The van der Waals surface area contributed by atoms with Gasteiger partial charge in [0.1, 0.15) is 17.7 Å². The lowest BCUT2D eigenvalue weighted by Crippen LogP contribution is -2.19. The number of benzene rings is 1. The molecular weight excluding hydrogens is 263 g/mol. The molecule has 0 bridgehead atoms. The molecule has 0 unspecified atom stereocenters. The van der Waals surface area contributed by atoms with E-state index in [1.54, 1.807) is 6.07 Å². The van der Waals surface area contributed by atoms with Crippen molar-refractivity contribution in [2.45, 2.75) is 18.6 Å². The lowest BCUT2D eigenvalue weighted by atomic mass is 10.0. The molecule has 2 atom stereocenters. The molecule has 0 amide bonds. The van der Waals surface area contributed by atoms with Crippen LogP contribution in [0.1, 0.15) is 18.1 Å². The van der Waals surface area contributed by atoms with Crippen LogP contribution < -0.4 is 5.73 Å². The number of hydrogen-bond donors (Lipinski definition) is 2. The molecule has 3 rings (SSSR count). The summed E-state index contributed by atoms with van der Waals surface area (Å²) in [6, 6.07) is 5.76. The summed E-state index contributed by atoms with van der Waals surface area (Å²) >= 11 is 0. The average Bonchev–Trinajstić information content (AvgIpc) is 2.79. The number of aliphatic hydroxyl groups is 1. The molecule has 2 aromatic rings. The van der Waals surface area contributed by atoms with Gasteiger partial charge in [0.2, 0.25) is 0 Å². The number of anilines is 1. The highest BCUT2D eigenvalue weighted by Crippen LogP contribution is 2.35. The topological polar surface area (TPSA) is 85.4 Å². The van der Waals surface area contributed by atoms with Crippen LogP contribution in [0.3, 0.4) is 0 Å². The smallest absolute Gasteiger partial charge is 0.166 e. The fraction of sp³-hybridized carbons (Fsp3) is 0.286. The van der Waals surface area contributed by atoms with Gasteiger partial charge in [-0.1, -0.05) is 0 Å². The Bertz CT molecular complexity index is 689. The van der Waals surface area contributed by atoms with Crippen LogP contribution in [-0.4, -0.2) is 28.6 Å². The van der Waals surface area contributed by atoms with E-state index in [1.807, 2.05) is 0 Å². The van der Waals surface area contributed by atoms with E-state index in [0.717, 1.165) is 0 Å². The third-order valence-electron chi connectivity index (χ3n) is 3.41. The minimum Gasteiger partial charge on any atom is -0.393 e. The molecule has 1 aromatic heterocycles. The van der Waals surface area contributed by atoms with Gasteiger partial charge >= 0.3 is 0 Å². The second-order valence-electron chi connectivity index (χ2n) is 4.76. The Morgan fingerprint density at radius 1 is 1.45 bits per heavy atom. The van der Waals surface area contributed by atoms with Crippen LogP contribution >= 0.6 is 0 Å². The maximum absolute atomic E-state index is 13.4. The van der Waals surface area contributed by atoms with Gasteiger partial charge in [-0.3, -0.25) is 4.79 Å². The van der Waals surface area contributed by atoms with Crippen molar-refractivity contribution in [2.24, 2.45) is 0 Å². The molecule has 0 radical (unpaired) electrons. The normalized spacial score (nSPS) is 22.6. The average molecular weight is 276 g/mol. The third-order valence-corrected chi connectivity index (χ3v) is 3.41. The van der Waals surface area contributed by atoms with Crippen LogP contribution in [0.25, 0.3) is 10.9 Å². The van der Waals surface area contributed by atoms with Crippen molar-refractivity contribution in [2.75, 3.05) is 12.3 Å². The standard InChI is InChI=1S/C14H13FN2O3/c15-7-1-2-10-8(3-7)9(4-14(16)17-10)12-5-11(19)13(6-18)20-12/h1-4,12-13,18H,5-6H2,(H2,16,17)/t12-,13-/m1/s1. The Morgan fingerprint density at radius 2 is 2.25 bits per heavy atom. The van der Waals surface area contributed by atoms with Gasteiger partial charge in [0.25, 0.3) is 0 Å². The molecule has 20 heavy (non-hydrogen) atoms. The molecule has 2 heterocycles. The van der Waals surface area contributed by atoms with E-state index in [2.05, 4.69) is 4.98 Å². The van der Waals surface area contributed by atoms with E-state index in [0.29, 0.717) is 16.5 Å². The van der Waals surface area contributed by atoms with E-state index in [1.165, 1.54) is 18.2 Å². The highest BCUT2D eigenvalue weighted by molar-refractivity contribution is 5.89. The number of nitrogens with two attached hydrogens (primary N) is 1. The van der Waals surface area contributed by atoms with E-state index in [4.69, 9.17) is 15.6 Å². The Labute approximate surface area is 114 Å². The number of nitrogens with zero attached hydrogens (tertiary/aromatic N) is 1. The number of ketones is 1. The quantitative estimate of drug-likeness (QED) is 0.864. The van der Waals surface area contributed by atoms with Crippen LogP contribution in [0, 0.1) is 5.82 Å². The van der Waals surface area contributed by atoms with Crippen molar-refractivity contribution in [3.63, 3.8) is 0 Å². The van der Waals surface area contributed by atoms with E-state index >= 15 is 0 Å². The SMILES string of the molecule is Nc1cc([C@H]2CC(=O)[C@@H](CO)O2)c2cc(F)ccc2n1. The largest absolute Gasteiger partial charge is 0.393 e. The van der Waals surface area contributed by atoms with Crippen molar-refractivity contribution in [3.8, 4) is 0 Å². The van der Waals surface area contributed by atoms with Gasteiger partial charge in [-0.05, 0) is 29.8 Å². The van der Waals surface area contributed by atoms with E-state index in [-0.39, 0.29) is 24.6 Å². The maximum Gasteiger partial charge on any atom is 0.166 e. The van der Waals surface area contributed by atoms with Gasteiger partial charge < -0.3 is 15.6 Å². The number of aromatic nitrogens is 1. The fourth-order valence-corrected chi connectivity index (χ4v) is 2.48. The van der Waals surface area contributed by atoms with Crippen molar-refractivity contribution in [3.05, 3.63) is 35.6 Å². The molecule has 1 aliphatic heterocycles. The fourth-order valence-electron chi connectivity index (χ4n) is 2.48. The molecule has 1 aliphatic rings. The van der Waals surface area contributed by atoms with Gasteiger partial charge in [0, 0.05) is 11.8 Å². The van der Waals surface area contributed by atoms with Crippen molar-refractivity contribution in [1.29, 1.82) is 0 Å². The zero-order valence-corrected chi connectivity index (χ0v) is 10.5. The van der Waals surface area contributed by atoms with Crippen LogP contribution in [0.5, 0.6) is 0 Å². The molecule has 0 aliphatic carbocycles. The summed E-state index contributed by atoms with van der Waals surface area (Å²) < 4.78 is 18.9. The summed E-state index contributed by atoms with van der Waals surface area (Å²) in [6.07, 6.45) is -1.22. The number of Topliss-reactive ketones (excluding diaryl/α,β-unsaturated/α-hetero) is 1. The number of pyridine rings is 1. The Hall–Kier alpha value is -2.05. The Morgan fingerprint density at radius 3 is 2.95 bits per heavy atom. The molecule has 3 N–H and O–H groups in total. The van der Waals surface area contributed by atoms with Gasteiger partial charge in [-0.15, -0.1) is 0 Å².